The quantitative estimate of drug-likeness (QED) is 0.852. The molecule has 0 aliphatic carbocycles. The van der Waals surface area contributed by atoms with Gasteiger partial charge >= 0.3 is 0 Å². The van der Waals surface area contributed by atoms with E-state index < -0.39 is 0 Å². The van der Waals surface area contributed by atoms with Gasteiger partial charge in [-0.2, -0.15) is 4.68 Å². The van der Waals surface area contributed by atoms with Crippen LogP contribution < -0.4 is 0 Å². The Kier molecular flexibility index (Phi) is 3.43. The number of thioether (sulfide) groups is 1. The monoisotopic (exact) mass is 289 g/mol. The fourth-order valence-electron chi connectivity index (χ4n) is 2.13. The van der Waals surface area contributed by atoms with Crippen molar-refractivity contribution < 1.29 is 4.79 Å². The van der Waals surface area contributed by atoms with Crippen molar-refractivity contribution in [3.63, 3.8) is 0 Å². The topological polar surface area (TPSA) is 63.9 Å². The Morgan fingerprint density at radius 1 is 1.30 bits per heavy atom. The summed E-state index contributed by atoms with van der Waals surface area (Å²) in [4.78, 5) is 13.7. The highest BCUT2D eigenvalue weighted by Crippen LogP contribution is 2.29. The molecule has 7 heteroatoms. The van der Waals surface area contributed by atoms with E-state index in [1.54, 1.807) is 9.58 Å². The molecule has 0 bridgehead atoms. The SMILES string of the molecule is Cc1ccc(-n2nnnc2SC2CCN(C)C2=O)cc1. The molecular weight excluding hydrogens is 274 g/mol. The lowest BCUT2D eigenvalue weighted by Crippen LogP contribution is -2.24. The molecule has 1 aromatic carbocycles. The molecule has 2 aromatic rings. The number of aromatic nitrogens is 4. The summed E-state index contributed by atoms with van der Waals surface area (Å²) < 4.78 is 1.68. The van der Waals surface area contributed by atoms with E-state index in [0.717, 1.165) is 18.7 Å². The Balaban J connectivity index is 1.84. The molecule has 1 fully saturated rings. The van der Waals surface area contributed by atoms with Gasteiger partial charge in [-0.05, 0) is 35.9 Å². The smallest absolute Gasteiger partial charge is 0.235 e. The molecule has 1 atom stereocenters. The van der Waals surface area contributed by atoms with Gasteiger partial charge in [-0.1, -0.05) is 29.5 Å². The Hall–Kier alpha value is -1.89. The third-order valence-electron chi connectivity index (χ3n) is 3.35. The minimum Gasteiger partial charge on any atom is -0.345 e. The van der Waals surface area contributed by atoms with Crippen LogP contribution in [0.25, 0.3) is 5.69 Å². The number of carbonyl (C=O) groups is 1. The third kappa shape index (κ3) is 2.40. The Morgan fingerprint density at radius 3 is 2.70 bits per heavy atom. The largest absolute Gasteiger partial charge is 0.345 e. The maximum atomic E-state index is 12.0. The molecule has 1 unspecified atom stereocenters. The van der Waals surface area contributed by atoms with Gasteiger partial charge < -0.3 is 4.90 Å². The number of amides is 1. The van der Waals surface area contributed by atoms with Crippen LogP contribution in [0.1, 0.15) is 12.0 Å². The standard InChI is InChI=1S/C13H15N5OS/c1-9-3-5-10(6-4-9)18-13(14-15-16-18)20-11-7-8-17(2)12(11)19/h3-6,11H,7-8H2,1-2H3. The first-order valence-corrected chi connectivity index (χ1v) is 7.30. The Bertz CT molecular complexity index is 624. The number of hydrogen-bond acceptors (Lipinski definition) is 5. The van der Waals surface area contributed by atoms with Gasteiger partial charge in [0.25, 0.3) is 0 Å². The first-order chi connectivity index (χ1) is 9.65. The van der Waals surface area contributed by atoms with Crippen LogP contribution in [0.2, 0.25) is 0 Å². The number of aryl methyl sites for hydroxylation is 1. The van der Waals surface area contributed by atoms with Crippen molar-refractivity contribution in [3.8, 4) is 5.69 Å². The summed E-state index contributed by atoms with van der Waals surface area (Å²) in [6.45, 7) is 2.83. The first-order valence-electron chi connectivity index (χ1n) is 6.42. The van der Waals surface area contributed by atoms with Gasteiger partial charge in [-0.25, -0.2) is 0 Å². The minimum absolute atomic E-state index is 0.0878. The van der Waals surface area contributed by atoms with E-state index in [2.05, 4.69) is 15.5 Å². The van der Waals surface area contributed by atoms with Gasteiger partial charge in [0.15, 0.2) is 0 Å². The number of benzene rings is 1. The lowest BCUT2D eigenvalue weighted by Gasteiger charge is -2.09. The van der Waals surface area contributed by atoms with Crippen LogP contribution in [0.5, 0.6) is 0 Å². The summed E-state index contributed by atoms with van der Waals surface area (Å²) in [6, 6.07) is 7.97. The predicted molar refractivity (Wildman–Crippen MR) is 75.8 cm³/mol. The average molecular weight is 289 g/mol. The minimum atomic E-state index is -0.0878. The van der Waals surface area contributed by atoms with Gasteiger partial charge in [0, 0.05) is 13.6 Å². The van der Waals surface area contributed by atoms with Crippen molar-refractivity contribution in [3.05, 3.63) is 29.8 Å². The van der Waals surface area contributed by atoms with Crippen molar-refractivity contribution in [2.24, 2.45) is 0 Å². The van der Waals surface area contributed by atoms with E-state index in [1.807, 2.05) is 38.2 Å². The number of nitrogens with zero attached hydrogens (tertiary/aromatic N) is 5. The zero-order valence-corrected chi connectivity index (χ0v) is 12.2. The average Bonchev–Trinajstić information content (AvgIpc) is 3.02. The van der Waals surface area contributed by atoms with Gasteiger partial charge in [-0.3, -0.25) is 4.79 Å². The molecule has 6 nitrogen and oxygen atoms in total. The van der Waals surface area contributed by atoms with Crippen LogP contribution in [-0.4, -0.2) is 49.9 Å². The van der Waals surface area contributed by atoms with Crippen LogP contribution in [0, 0.1) is 6.92 Å². The number of hydrogen-bond donors (Lipinski definition) is 0. The van der Waals surface area contributed by atoms with E-state index in [-0.39, 0.29) is 11.2 Å². The maximum Gasteiger partial charge on any atom is 0.235 e. The molecule has 0 saturated carbocycles. The highest BCUT2D eigenvalue weighted by atomic mass is 32.2. The number of tetrazole rings is 1. The second-order valence-electron chi connectivity index (χ2n) is 4.86. The van der Waals surface area contributed by atoms with Crippen LogP contribution in [0.15, 0.2) is 29.4 Å². The summed E-state index contributed by atoms with van der Waals surface area (Å²) in [6.07, 6.45) is 0.834. The van der Waals surface area contributed by atoms with E-state index in [1.165, 1.54) is 17.3 Å². The zero-order valence-electron chi connectivity index (χ0n) is 11.4. The Labute approximate surface area is 121 Å². The van der Waals surface area contributed by atoms with Gasteiger partial charge in [0.2, 0.25) is 11.1 Å². The fraction of sp³-hybridized carbons (Fsp3) is 0.385. The van der Waals surface area contributed by atoms with Gasteiger partial charge in [-0.15, -0.1) is 5.10 Å². The Morgan fingerprint density at radius 2 is 2.05 bits per heavy atom. The summed E-state index contributed by atoms with van der Waals surface area (Å²) in [7, 11) is 1.83. The summed E-state index contributed by atoms with van der Waals surface area (Å²) in [5.74, 6) is 0.147. The van der Waals surface area contributed by atoms with Crippen molar-refractivity contribution in [2.75, 3.05) is 13.6 Å². The normalized spacial score (nSPS) is 18.8. The molecule has 0 spiro atoms. The van der Waals surface area contributed by atoms with Crippen molar-refractivity contribution in [1.29, 1.82) is 0 Å². The molecule has 1 saturated heterocycles. The zero-order chi connectivity index (χ0) is 14.1. The molecule has 1 aliphatic rings. The van der Waals surface area contributed by atoms with Crippen molar-refractivity contribution >= 4 is 17.7 Å². The maximum absolute atomic E-state index is 12.0. The molecule has 1 amide bonds. The molecule has 20 heavy (non-hydrogen) atoms. The van der Waals surface area contributed by atoms with Crippen LogP contribution in [-0.2, 0) is 4.79 Å². The number of rotatable bonds is 3. The van der Waals surface area contributed by atoms with Crippen molar-refractivity contribution in [1.82, 2.24) is 25.1 Å². The third-order valence-corrected chi connectivity index (χ3v) is 4.53. The van der Waals surface area contributed by atoms with Gasteiger partial charge in [0.05, 0.1) is 10.9 Å². The molecule has 3 rings (SSSR count). The highest BCUT2D eigenvalue weighted by Gasteiger charge is 2.31. The first kappa shape index (κ1) is 13.1. The van der Waals surface area contributed by atoms with E-state index in [4.69, 9.17) is 0 Å². The van der Waals surface area contributed by atoms with Gasteiger partial charge in [0.1, 0.15) is 0 Å². The van der Waals surface area contributed by atoms with Crippen LogP contribution in [0.4, 0.5) is 0 Å². The molecule has 0 radical (unpaired) electrons. The molecular formula is C13H15N5OS. The molecule has 1 aliphatic heterocycles. The van der Waals surface area contributed by atoms with E-state index >= 15 is 0 Å². The predicted octanol–water partition coefficient (Wildman–Crippen LogP) is 1.29. The van der Waals surface area contributed by atoms with E-state index in [0.29, 0.717) is 5.16 Å². The van der Waals surface area contributed by atoms with E-state index in [9.17, 15) is 4.79 Å². The van der Waals surface area contributed by atoms with Crippen LogP contribution >= 0.6 is 11.8 Å². The second kappa shape index (κ2) is 5.24. The summed E-state index contributed by atoms with van der Waals surface area (Å²) in [5, 5.41) is 12.3. The highest BCUT2D eigenvalue weighted by molar-refractivity contribution is 8.00. The number of carbonyl (C=O) groups excluding carboxylic acids is 1. The van der Waals surface area contributed by atoms with Crippen molar-refractivity contribution in [2.45, 2.75) is 23.8 Å². The lowest BCUT2D eigenvalue weighted by atomic mass is 10.2. The fourth-order valence-corrected chi connectivity index (χ4v) is 3.21. The van der Waals surface area contributed by atoms with Crippen LogP contribution in [0.3, 0.4) is 0 Å². The number of likely N-dealkylation sites (tertiary alicyclic amines) is 1. The molecule has 0 N–H and O–H groups in total. The molecule has 2 heterocycles. The summed E-state index contributed by atoms with van der Waals surface area (Å²) in [5.41, 5.74) is 2.09. The summed E-state index contributed by atoms with van der Waals surface area (Å²) >= 11 is 1.43. The second-order valence-corrected chi connectivity index (χ2v) is 6.03. The molecule has 104 valence electrons. The lowest BCUT2D eigenvalue weighted by molar-refractivity contribution is -0.126. The molecule has 1 aromatic heterocycles.